The number of halogens is 6. The van der Waals surface area contributed by atoms with E-state index in [1.807, 2.05) is 29.9 Å². The molecule has 0 aliphatic heterocycles. The first-order chi connectivity index (χ1) is 16.2. The van der Waals surface area contributed by atoms with Gasteiger partial charge in [0.2, 0.25) is 5.91 Å². The van der Waals surface area contributed by atoms with E-state index in [0.717, 1.165) is 23.4 Å². The molecule has 2 aromatic rings. The van der Waals surface area contributed by atoms with Crippen molar-refractivity contribution >= 4 is 11.8 Å². The van der Waals surface area contributed by atoms with Crippen molar-refractivity contribution in [2.45, 2.75) is 64.1 Å². The maximum Gasteiger partial charge on any atom is 0.416 e. The summed E-state index contributed by atoms with van der Waals surface area (Å²) in [5.74, 6) is -1.47. The molecule has 5 nitrogen and oxygen atoms in total. The summed E-state index contributed by atoms with van der Waals surface area (Å²) in [4.78, 5) is 29.1. The Labute approximate surface area is 199 Å². The van der Waals surface area contributed by atoms with E-state index < -0.39 is 53.4 Å². The third-order valence-electron chi connectivity index (χ3n) is 6.22. The van der Waals surface area contributed by atoms with E-state index >= 15 is 0 Å². The molecule has 1 saturated carbocycles. The van der Waals surface area contributed by atoms with E-state index in [0.29, 0.717) is 18.6 Å². The Balaban J connectivity index is 1.92. The van der Waals surface area contributed by atoms with Crippen molar-refractivity contribution in [1.29, 1.82) is 0 Å². The zero-order chi connectivity index (χ0) is 26.1. The molecule has 1 unspecified atom stereocenters. The van der Waals surface area contributed by atoms with Crippen LogP contribution in [0.5, 0.6) is 0 Å². The van der Waals surface area contributed by atoms with Gasteiger partial charge in [-0.25, -0.2) is 0 Å². The van der Waals surface area contributed by atoms with Gasteiger partial charge < -0.3 is 14.4 Å². The Kier molecular flexibility index (Phi) is 7.56. The number of carbonyl (C=O) groups is 2. The van der Waals surface area contributed by atoms with Crippen LogP contribution in [0.15, 0.2) is 36.5 Å². The molecular formula is C24H27F6N3O2. The molecule has 1 fully saturated rings. The highest BCUT2D eigenvalue weighted by atomic mass is 19.4. The maximum absolute atomic E-state index is 13.3. The maximum atomic E-state index is 13.3. The van der Waals surface area contributed by atoms with E-state index in [-0.39, 0.29) is 18.7 Å². The zero-order valence-electron chi connectivity index (χ0n) is 19.6. The lowest BCUT2D eigenvalue weighted by Crippen LogP contribution is -2.47. The predicted octanol–water partition coefficient (Wildman–Crippen LogP) is 5.49. The van der Waals surface area contributed by atoms with Crippen molar-refractivity contribution in [2.24, 2.45) is 7.05 Å². The van der Waals surface area contributed by atoms with E-state index in [1.165, 1.54) is 0 Å². The largest absolute Gasteiger partial charge is 0.416 e. The van der Waals surface area contributed by atoms with Gasteiger partial charge in [0.25, 0.3) is 5.91 Å². The third kappa shape index (κ3) is 6.37. The smallest absolute Gasteiger partial charge is 0.353 e. The SMILES string of the molecule is CCC(C)N(CC(=O)N(Cc1cccn1C)C1CC1)C(=O)c1cc(C(F)(F)F)cc(C(F)(F)F)c1. The second-order valence-corrected chi connectivity index (χ2v) is 8.85. The lowest BCUT2D eigenvalue weighted by molar-refractivity contribution is -0.143. The molecule has 0 N–H and O–H groups in total. The number of aromatic nitrogens is 1. The summed E-state index contributed by atoms with van der Waals surface area (Å²) >= 11 is 0. The van der Waals surface area contributed by atoms with Gasteiger partial charge in [0.05, 0.1) is 17.7 Å². The first-order valence-corrected chi connectivity index (χ1v) is 11.2. The molecule has 11 heteroatoms. The third-order valence-corrected chi connectivity index (χ3v) is 6.22. The number of amides is 2. The van der Waals surface area contributed by atoms with Gasteiger partial charge in [0, 0.05) is 36.6 Å². The van der Waals surface area contributed by atoms with Crippen LogP contribution in [-0.2, 0) is 30.7 Å². The highest BCUT2D eigenvalue weighted by Crippen LogP contribution is 2.37. The van der Waals surface area contributed by atoms with Crippen LogP contribution < -0.4 is 0 Å². The molecule has 1 aromatic heterocycles. The van der Waals surface area contributed by atoms with Crippen molar-refractivity contribution < 1.29 is 35.9 Å². The van der Waals surface area contributed by atoms with Gasteiger partial charge in [-0.15, -0.1) is 0 Å². The summed E-state index contributed by atoms with van der Waals surface area (Å²) in [6.45, 7) is 3.15. The minimum Gasteiger partial charge on any atom is -0.353 e. The van der Waals surface area contributed by atoms with Crippen LogP contribution in [0.3, 0.4) is 0 Å². The van der Waals surface area contributed by atoms with Crippen molar-refractivity contribution in [3.05, 3.63) is 58.9 Å². The number of hydrogen-bond acceptors (Lipinski definition) is 2. The van der Waals surface area contributed by atoms with Gasteiger partial charge in [-0.05, 0) is 56.5 Å². The first kappa shape index (κ1) is 26.6. The van der Waals surface area contributed by atoms with Gasteiger partial charge in [-0.2, -0.15) is 26.3 Å². The number of benzene rings is 1. The molecule has 1 aliphatic rings. The summed E-state index contributed by atoms with van der Waals surface area (Å²) < 4.78 is 81.6. The Morgan fingerprint density at radius 3 is 2.06 bits per heavy atom. The van der Waals surface area contributed by atoms with Crippen molar-refractivity contribution in [1.82, 2.24) is 14.4 Å². The van der Waals surface area contributed by atoms with Crippen LogP contribution in [0.25, 0.3) is 0 Å². The van der Waals surface area contributed by atoms with Gasteiger partial charge in [-0.3, -0.25) is 9.59 Å². The molecule has 1 atom stereocenters. The number of hydrogen-bond donors (Lipinski definition) is 0. The van der Waals surface area contributed by atoms with Gasteiger partial charge in [-0.1, -0.05) is 6.92 Å². The second-order valence-electron chi connectivity index (χ2n) is 8.85. The average Bonchev–Trinajstić information content (AvgIpc) is 3.54. The van der Waals surface area contributed by atoms with Gasteiger partial charge in [0.1, 0.15) is 6.54 Å². The average molecular weight is 503 g/mol. The van der Waals surface area contributed by atoms with Gasteiger partial charge in [0.15, 0.2) is 0 Å². The van der Waals surface area contributed by atoms with E-state index in [9.17, 15) is 35.9 Å². The number of alkyl halides is 6. The number of carbonyl (C=O) groups excluding carboxylic acids is 2. The molecule has 192 valence electrons. The summed E-state index contributed by atoms with van der Waals surface area (Å²) in [7, 11) is 1.83. The van der Waals surface area contributed by atoms with Crippen LogP contribution >= 0.6 is 0 Å². The van der Waals surface area contributed by atoms with Crippen molar-refractivity contribution in [2.75, 3.05) is 6.54 Å². The lowest BCUT2D eigenvalue weighted by Gasteiger charge is -2.32. The van der Waals surface area contributed by atoms with Crippen LogP contribution in [0.1, 0.15) is 60.3 Å². The van der Waals surface area contributed by atoms with Crippen LogP contribution in [0.4, 0.5) is 26.3 Å². The van der Waals surface area contributed by atoms with Crippen LogP contribution in [0, 0.1) is 0 Å². The molecule has 0 spiro atoms. The Hall–Kier alpha value is -2.98. The molecule has 0 bridgehead atoms. The zero-order valence-corrected chi connectivity index (χ0v) is 19.6. The lowest BCUT2D eigenvalue weighted by atomic mass is 10.0. The fourth-order valence-electron chi connectivity index (χ4n) is 3.77. The fourth-order valence-corrected chi connectivity index (χ4v) is 3.77. The topological polar surface area (TPSA) is 45.6 Å². The normalized spacial score (nSPS) is 15.1. The molecule has 0 saturated heterocycles. The highest BCUT2D eigenvalue weighted by Gasteiger charge is 2.39. The number of nitrogens with zero attached hydrogens (tertiary/aromatic N) is 3. The van der Waals surface area contributed by atoms with Gasteiger partial charge >= 0.3 is 12.4 Å². The molecular weight excluding hydrogens is 476 g/mol. The minimum atomic E-state index is -5.08. The Morgan fingerprint density at radius 2 is 1.63 bits per heavy atom. The highest BCUT2D eigenvalue weighted by molar-refractivity contribution is 5.97. The quantitative estimate of drug-likeness (QED) is 0.447. The minimum absolute atomic E-state index is 0.0170. The van der Waals surface area contributed by atoms with E-state index in [4.69, 9.17) is 0 Å². The van der Waals surface area contributed by atoms with E-state index in [2.05, 4.69) is 0 Å². The predicted molar refractivity (Wildman–Crippen MR) is 116 cm³/mol. The molecule has 35 heavy (non-hydrogen) atoms. The van der Waals surface area contributed by atoms with Crippen molar-refractivity contribution in [3.8, 4) is 0 Å². The fraction of sp³-hybridized carbons (Fsp3) is 0.500. The molecule has 0 radical (unpaired) electrons. The van der Waals surface area contributed by atoms with Crippen molar-refractivity contribution in [3.63, 3.8) is 0 Å². The summed E-state index contributed by atoms with van der Waals surface area (Å²) in [5.41, 5.74) is -3.05. The summed E-state index contributed by atoms with van der Waals surface area (Å²) in [6, 6.07) is 3.85. The van der Waals surface area contributed by atoms with Crippen LogP contribution in [0.2, 0.25) is 0 Å². The number of rotatable bonds is 8. The standard InChI is InChI=1S/C24H27F6N3O2/c1-4-15(2)32(14-21(34)33(19-7-8-19)13-20-6-5-9-31(20)3)22(35)16-10-17(23(25,26)27)12-18(11-16)24(28,29)30/h5-6,9-12,15,19H,4,7-8,13-14H2,1-3H3. The first-order valence-electron chi connectivity index (χ1n) is 11.2. The monoisotopic (exact) mass is 503 g/mol. The Morgan fingerprint density at radius 1 is 1.06 bits per heavy atom. The molecule has 3 rings (SSSR count). The molecule has 1 aliphatic carbocycles. The second kappa shape index (κ2) is 9.94. The van der Waals surface area contributed by atoms with E-state index in [1.54, 1.807) is 18.7 Å². The summed E-state index contributed by atoms with van der Waals surface area (Å²) in [6.07, 6.45) is -6.40. The number of aryl methyl sites for hydroxylation is 1. The molecule has 2 amide bonds. The molecule has 1 aromatic carbocycles. The van der Waals surface area contributed by atoms with Crippen LogP contribution in [-0.4, -0.2) is 44.8 Å². The Bertz CT molecular complexity index is 1040. The summed E-state index contributed by atoms with van der Waals surface area (Å²) in [5, 5.41) is 0. The molecule has 1 heterocycles.